The highest BCUT2D eigenvalue weighted by Gasteiger charge is 2.29. The van der Waals surface area contributed by atoms with Crippen LogP contribution in [0.15, 0.2) is 59.4 Å². The molecule has 0 unspecified atom stereocenters. The van der Waals surface area contributed by atoms with E-state index in [1.807, 2.05) is 0 Å². The second-order valence-electron chi connectivity index (χ2n) is 6.72. The molecule has 8 heteroatoms. The van der Waals surface area contributed by atoms with Gasteiger partial charge in [0, 0.05) is 0 Å². The van der Waals surface area contributed by atoms with Crippen molar-refractivity contribution in [1.82, 2.24) is 20.3 Å². The molecule has 0 saturated heterocycles. The molecule has 0 aliphatic rings. The molecule has 144 valence electrons. The number of aliphatic carboxylic acids is 1. The molecule has 0 saturated carbocycles. The van der Waals surface area contributed by atoms with E-state index in [1.54, 1.807) is 68.4 Å². The normalized spacial score (nSPS) is 13.2. The number of carboxylic acid groups (broad SMARTS) is 1. The number of carbonyl (C=O) groups is 2. The smallest absolute Gasteiger partial charge is 0.278 e. The highest BCUT2D eigenvalue weighted by molar-refractivity contribution is 5.88. The average Bonchev–Trinajstić information content (AvgIpc) is 2.68. The van der Waals surface area contributed by atoms with E-state index in [9.17, 15) is 19.5 Å². The van der Waals surface area contributed by atoms with Crippen molar-refractivity contribution < 1.29 is 14.7 Å². The molecule has 0 radical (unpaired) electrons. The first-order valence-electron chi connectivity index (χ1n) is 8.80. The van der Waals surface area contributed by atoms with E-state index in [4.69, 9.17) is 0 Å². The van der Waals surface area contributed by atoms with Crippen LogP contribution in [0, 0.1) is 5.92 Å². The number of hydrogen-bond donors (Lipinski definition) is 1. The van der Waals surface area contributed by atoms with Gasteiger partial charge in [-0.1, -0.05) is 61.5 Å². The monoisotopic (exact) mass is 379 g/mol. The molecular weight excluding hydrogens is 360 g/mol. The topological polar surface area (TPSA) is 117 Å². The Hall–Kier alpha value is -3.55. The lowest BCUT2D eigenvalue weighted by Crippen LogP contribution is -2.53. The number of carboxylic acids is 1. The van der Waals surface area contributed by atoms with Gasteiger partial charge in [0.1, 0.15) is 5.52 Å². The van der Waals surface area contributed by atoms with Gasteiger partial charge in [-0.05, 0) is 23.6 Å². The number of amides is 1. The first kappa shape index (κ1) is 19.2. The Bertz CT molecular complexity index is 1060. The van der Waals surface area contributed by atoms with Crippen molar-refractivity contribution in [3.8, 4) is 0 Å². The quantitative estimate of drug-likeness (QED) is 0.657. The molecule has 0 aliphatic heterocycles. The fraction of sp³-hybridized carbons (Fsp3) is 0.250. The number of carbonyl (C=O) groups excluding carboxylic acids is 2. The van der Waals surface area contributed by atoms with Crippen molar-refractivity contribution in [3.63, 3.8) is 0 Å². The lowest BCUT2D eigenvalue weighted by molar-refractivity contribution is -0.309. The molecule has 0 bridgehead atoms. The number of hydrogen-bond acceptors (Lipinski definition) is 6. The molecule has 0 spiro atoms. The van der Waals surface area contributed by atoms with Gasteiger partial charge in [-0.2, -0.15) is 4.68 Å². The third kappa shape index (κ3) is 3.75. The Labute approximate surface area is 160 Å². The summed E-state index contributed by atoms with van der Waals surface area (Å²) in [5.74, 6) is -2.47. The third-order valence-electron chi connectivity index (χ3n) is 4.42. The van der Waals surface area contributed by atoms with E-state index in [0.717, 1.165) is 4.68 Å². The van der Waals surface area contributed by atoms with Gasteiger partial charge in [0.05, 0.1) is 17.4 Å². The zero-order valence-corrected chi connectivity index (χ0v) is 15.4. The molecule has 2 aromatic carbocycles. The van der Waals surface area contributed by atoms with E-state index in [2.05, 4.69) is 15.6 Å². The molecular formula is C20H19N4O4-. The fourth-order valence-corrected chi connectivity index (χ4v) is 2.94. The Morgan fingerprint density at radius 1 is 1.04 bits per heavy atom. The number of nitrogens with one attached hydrogen (secondary N) is 1. The predicted octanol–water partition coefficient (Wildman–Crippen LogP) is 0.272. The zero-order valence-electron chi connectivity index (χ0n) is 15.4. The van der Waals surface area contributed by atoms with Crippen molar-refractivity contribution in [2.45, 2.75) is 25.9 Å². The first-order chi connectivity index (χ1) is 13.4. The number of fused-ring (bicyclic) bond motifs is 1. The van der Waals surface area contributed by atoms with Crippen molar-refractivity contribution in [2.24, 2.45) is 5.92 Å². The highest BCUT2D eigenvalue weighted by Crippen LogP contribution is 2.18. The minimum Gasteiger partial charge on any atom is -0.548 e. The summed E-state index contributed by atoms with van der Waals surface area (Å²) in [4.78, 5) is 37.4. The van der Waals surface area contributed by atoms with Crippen molar-refractivity contribution >= 4 is 22.8 Å². The first-order valence-corrected chi connectivity index (χ1v) is 8.80. The SMILES string of the molecule is CC(C)[C@H](NC(=O)[C@H](c1ccccc1)n1nnc2ccccc2c1=O)C(=O)[O-]. The van der Waals surface area contributed by atoms with Crippen molar-refractivity contribution in [2.75, 3.05) is 0 Å². The van der Waals surface area contributed by atoms with Gasteiger partial charge in [-0.25, -0.2) is 0 Å². The van der Waals surface area contributed by atoms with Gasteiger partial charge >= 0.3 is 0 Å². The average molecular weight is 379 g/mol. The molecule has 3 aromatic rings. The minimum atomic E-state index is -1.40. The van der Waals surface area contributed by atoms with Crippen LogP contribution in [0.5, 0.6) is 0 Å². The Kier molecular flexibility index (Phi) is 5.49. The van der Waals surface area contributed by atoms with Crippen LogP contribution in [0.1, 0.15) is 25.5 Å². The lowest BCUT2D eigenvalue weighted by atomic mass is 10.0. The van der Waals surface area contributed by atoms with E-state index in [1.165, 1.54) is 0 Å². The summed E-state index contributed by atoms with van der Waals surface area (Å²) < 4.78 is 0.972. The summed E-state index contributed by atoms with van der Waals surface area (Å²) in [7, 11) is 0. The van der Waals surface area contributed by atoms with Gasteiger partial charge in [0.25, 0.3) is 5.56 Å². The summed E-state index contributed by atoms with van der Waals surface area (Å²) >= 11 is 0. The minimum absolute atomic E-state index is 0.312. The van der Waals surface area contributed by atoms with Crippen LogP contribution in [0.3, 0.4) is 0 Å². The molecule has 28 heavy (non-hydrogen) atoms. The number of aromatic nitrogens is 3. The maximum atomic E-state index is 13.0. The Balaban J connectivity index is 2.11. The van der Waals surface area contributed by atoms with Gasteiger partial charge in [0.15, 0.2) is 6.04 Å². The molecule has 1 heterocycles. The molecule has 1 N–H and O–H groups in total. The summed E-state index contributed by atoms with van der Waals surface area (Å²) in [6.07, 6.45) is 0. The van der Waals surface area contributed by atoms with Crippen LogP contribution in [0.4, 0.5) is 0 Å². The van der Waals surface area contributed by atoms with Crippen LogP contribution in [0.2, 0.25) is 0 Å². The second kappa shape index (κ2) is 7.99. The maximum Gasteiger partial charge on any atom is 0.278 e. The van der Waals surface area contributed by atoms with Gasteiger partial charge < -0.3 is 15.2 Å². The molecule has 1 aromatic heterocycles. The summed E-state index contributed by atoms with van der Waals surface area (Å²) in [6, 6.07) is 12.8. The summed E-state index contributed by atoms with van der Waals surface area (Å²) in [5.41, 5.74) is 0.391. The third-order valence-corrected chi connectivity index (χ3v) is 4.42. The summed E-state index contributed by atoms with van der Waals surface area (Å²) in [6.45, 7) is 3.31. The number of nitrogens with zero attached hydrogens (tertiary/aromatic N) is 3. The maximum absolute atomic E-state index is 13.0. The van der Waals surface area contributed by atoms with E-state index in [-0.39, 0.29) is 0 Å². The van der Waals surface area contributed by atoms with E-state index >= 15 is 0 Å². The van der Waals surface area contributed by atoms with Crippen LogP contribution < -0.4 is 16.0 Å². The number of rotatable bonds is 6. The Morgan fingerprint density at radius 2 is 1.68 bits per heavy atom. The lowest BCUT2D eigenvalue weighted by Gasteiger charge is -2.26. The fourth-order valence-electron chi connectivity index (χ4n) is 2.94. The van der Waals surface area contributed by atoms with Crippen LogP contribution in [0.25, 0.3) is 10.9 Å². The molecule has 2 atom stereocenters. The van der Waals surface area contributed by atoms with Crippen molar-refractivity contribution in [1.29, 1.82) is 0 Å². The summed E-state index contributed by atoms with van der Waals surface area (Å²) in [5, 5.41) is 22.1. The van der Waals surface area contributed by atoms with E-state index in [0.29, 0.717) is 16.5 Å². The zero-order chi connectivity index (χ0) is 20.3. The van der Waals surface area contributed by atoms with Gasteiger partial charge in [-0.15, -0.1) is 5.10 Å². The molecule has 0 fully saturated rings. The molecule has 1 amide bonds. The van der Waals surface area contributed by atoms with Gasteiger partial charge in [-0.3, -0.25) is 9.59 Å². The molecule has 8 nitrogen and oxygen atoms in total. The van der Waals surface area contributed by atoms with Crippen LogP contribution in [-0.2, 0) is 9.59 Å². The molecule has 0 aliphatic carbocycles. The standard InChI is InChI=1S/C20H20N4O4/c1-12(2)16(20(27)28)21-18(25)17(13-8-4-3-5-9-13)24-19(26)14-10-6-7-11-15(14)22-23-24/h3-12,16-17H,1-2H3,(H,21,25)(H,27,28)/p-1/t16-,17-/m0/s1. The van der Waals surface area contributed by atoms with Crippen LogP contribution >= 0.6 is 0 Å². The molecule has 3 rings (SSSR count). The van der Waals surface area contributed by atoms with Crippen LogP contribution in [-0.4, -0.2) is 32.9 Å². The largest absolute Gasteiger partial charge is 0.548 e. The number of benzene rings is 2. The highest BCUT2D eigenvalue weighted by atomic mass is 16.4. The van der Waals surface area contributed by atoms with Gasteiger partial charge in [0.2, 0.25) is 5.91 Å². The van der Waals surface area contributed by atoms with E-state index < -0.39 is 35.4 Å². The van der Waals surface area contributed by atoms with Crippen molar-refractivity contribution in [3.05, 3.63) is 70.5 Å². The predicted molar refractivity (Wildman–Crippen MR) is 100 cm³/mol. The second-order valence-corrected chi connectivity index (χ2v) is 6.72. The Morgan fingerprint density at radius 3 is 2.32 bits per heavy atom.